The zero-order valence-electron chi connectivity index (χ0n) is 13.8. The Morgan fingerprint density at radius 3 is 2.61 bits per heavy atom. The first-order chi connectivity index (χ1) is 10.8. The standard InChI is InChI=1S/C18H22N2O3/c1-12-8-9-13(16(21)14-7-5-6-10-19-14)11-15(12)20-17(22)23-18(2,3)4/h5-11,16,21H,1-4H3,(H,20,22). The van der Waals surface area contributed by atoms with Gasteiger partial charge in [-0.3, -0.25) is 10.3 Å². The second-order valence-electron chi connectivity index (χ2n) is 6.36. The largest absolute Gasteiger partial charge is 0.444 e. The lowest BCUT2D eigenvalue weighted by Gasteiger charge is -2.20. The Balaban J connectivity index is 2.21. The summed E-state index contributed by atoms with van der Waals surface area (Å²) in [6.45, 7) is 7.30. The molecule has 0 saturated carbocycles. The molecule has 5 nitrogen and oxygen atoms in total. The van der Waals surface area contributed by atoms with Gasteiger partial charge in [-0.2, -0.15) is 0 Å². The highest BCUT2D eigenvalue weighted by Crippen LogP contribution is 2.25. The molecule has 0 saturated heterocycles. The predicted octanol–water partition coefficient (Wildman–Crippen LogP) is 3.82. The number of pyridine rings is 1. The van der Waals surface area contributed by atoms with Gasteiger partial charge in [0.2, 0.25) is 0 Å². The summed E-state index contributed by atoms with van der Waals surface area (Å²) in [5.74, 6) is 0. The molecule has 0 fully saturated rings. The van der Waals surface area contributed by atoms with Crippen molar-refractivity contribution in [1.29, 1.82) is 0 Å². The Kier molecular flexibility index (Phi) is 5.01. The molecule has 0 aliphatic rings. The summed E-state index contributed by atoms with van der Waals surface area (Å²) in [6, 6.07) is 10.8. The van der Waals surface area contributed by atoms with Gasteiger partial charge in [0.25, 0.3) is 0 Å². The number of carbonyl (C=O) groups is 1. The SMILES string of the molecule is Cc1ccc(C(O)c2ccccn2)cc1NC(=O)OC(C)(C)C. The number of anilines is 1. The van der Waals surface area contributed by atoms with E-state index in [1.807, 2.05) is 25.1 Å². The summed E-state index contributed by atoms with van der Waals surface area (Å²) >= 11 is 0. The van der Waals surface area contributed by atoms with Crippen LogP contribution >= 0.6 is 0 Å². The molecule has 23 heavy (non-hydrogen) atoms. The van der Waals surface area contributed by atoms with Crippen molar-refractivity contribution in [2.24, 2.45) is 0 Å². The lowest BCUT2D eigenvalue weighted by Crippen LogP contribution is -2.27. The molecular weight excluding hydrogens is 292 g/mol. The summed E-state index contributed by atoms with van der Waals surface area (Å²) in [5.41, 5.74) is 2.13. The number of hydrogen-bond acceptors (Lipinski definition) is 4. The van der Waals surface area contributed by atoms with Crippen LogP contribution in [0.25, 0.3) is 0 Å². The number of amides is 1. The van der Waals surface area contributed by atoms with E-state index in [0.717, 1.165) is 5.56 Å². The fourth-order valence-electron chi connectivity index (χ4n) is 2.07. The second-order valence-corrected chi connectivity index (χ2v) is 6.36. The number of aliphatic hydroxyl groups is 1. The highest BCUT2D eigenvalue weighted by atomic mass is 16.6. The Hall–Kier alpha value is -2.40. The van der Waals surface area contributed by atoms with Gasteiger partial charge in [-0.25, -0.2) is 4.79 Å². The zero-order chi connectivity index (χ0) is 17.0. The van der Waals surface area contributed by atoms with Gasteiger partial charge in [-0.05, 0) is 57.0 Å². The average Bonchev–Trinajstić information content (AvgIpc) is 2.48. The maximum Gasteiger partial charge on any atom is 0.412 e. The molecule has 1 aromatic heterocycles. The van der Waals surface area contributed by atoms with Crippen molar-refractivity contribution in [3.63, 3.8) is 0 Å². The molecule has 1 heterocycles. The summed E-state index contributed by atoms with van der Waals surface area (Å²) in [5, 5.41) is 13.1. The Morgan fingerprint density at radius 1 is 1.26 bits per heavy atom. The van der Waals surface area contributed by atoms with Crippen molar-refractivity contribution >= 4 is 11.8 Å². The molecule has 122 valence electrons. The van der Waals surface area contributed by atoms with Crippen LogP contribution in [0.2, 0.25) is 0 Å². The average molecular weight is 314 g/mol. The van der Waals surface area contributed by atoms with Crippen molar-refractivity contribution in [1.82, 2.24) is 4.98 Å². The number of carbonyl (C=O) groups excluding carboxylic acids is 1. The van der Waals surface area contributed by atoms with Crippen molar-refractivity contribution < 1.29 is 14.6 Å². The minimum absolute atomic E-state index is 0.523. The molecule has 0 bridgehead atoms. The monoisotopic (exact) mass is 314 g/mol. The van der Waals surface area contributed by atoms with Crippen molar-refractivity contribution in [3.8, 4) is 0 Å². The second kappa shape index (κ2) is 6.79. The van der Waals surface area contributed by atoms with Crippen LogP contribution in [0, 0.1) is 6.92 Å². The van der Waals surface area contributed by atoms with Crippen molar-refractivity contribution in [2.75, 3.05) is 5.32 Å². The maximum atomic E-state index is 11.9. The van der Waals surface area contributed by atoms with E-state index in [2.05, 4.69) is 10.3 Å². The van der Waals surface area contributed by atoms with Crippen LogP contribution in [0.4, 0.5) is 10.5 Å². The summed E-state index contributed by atoms with van der Waals surface area (Å²) in [6.07, 6.45) is 0.258. The van der Waals surface area contributed by atoms with Crippen LogP contribution in [0.15, 0.2) is 42.6 Å². The molecule has 1 unspecified atom stereocenters. The third-order valence-electron chi connectivity index (χ3n) is 3.18. The quantitative estimate of drug-likeness (QED) is 0.903. The first kappa shape index (κ1) is 17.0. The summed E-state index contributed by atoms with van der Waals surface area (Å²) in [4.78, 5) is 16.1. The van der Waals surface area contributed by atoms with E-state index in [9.17, 15) is 9.90 Å². The van der Waals surface area contributed by atoms with Crippen LogP contribution < -0.4 is 5.32 Å². The Labute approximate surface area is 136 Å². The number of benzene rings is 1. The lowest BCUT2D eigenvalue weighted by atomic mass is 10.0. The molecule has 1 amide bonds. The fraction of sp³-hybridized carbons (Fsp3) is 0.333. The highest BCUT2D eigenvalue weighted by Gasteiger charge is 2.18. The van der Waals surface area contributed by atoms with Gasteiger partial charge in [0.15, 0.2) is 0 Å². The van der Waals surface area contributed by atoms with Crippen molar-refractivity contribution in [2.45, 2.75) is 39.4 Å². The number of aryl methyl sites for hydroxylation is 1. The highest BCUT2D eigenvalue weighted by molar-refractivity contribution is 5.86. The molecule has 2 N–H and O–H groups in total. The van der Waals surface area contributed by atoms with Gasteiger partial charge in [0.05, 0.1) is 5.69 Å². The van der Waals surface area contributed by atoms with E-state index in [4.69, 9.17) is 4.74 Å². The third-order valence-corrected chi connectivity index (χ3v) is 3.18. The van der Waals surface area contributed by atoms with Gasteiger partial charge < -0.3 is 9.84 Å². The van der Waals surface area contributed by atoms with E-state index >= 15 is 0 Å². The number of nitrogens with one attached hydrogen (secondary N) is 1. The number of rotatable bonds is 3. The van der Waals surface area contributed by atoms with Crippen molar-refractivity contribution in [3.05, 3.63) is 59.4 Å². The number of aromatic nitrogens is 1. The molecule has 2 rings (SSSR count). The molecule has 0 radical (unpaired) electrons. The van der Waals surface area contributed by atoms with Crippen LogP contribution in [0.1, 0.15) is 43.7 Å². The van der Waals surface area contributed by atoms with Crippen LogP contribution in [-0.2, 0) is 4.74 Å². The molecule has 2 aromatic rings. The van der Waals surface area contributed by atoms with E-state index < -0.39 is 17.8 Å². The first-order valence-electron chi connectivity index (χ1n) is 7.46. The molecule has 1 aromatic carbocycles. The normalized spacial score (nSPS) is 12.6. The zero-order valence-corrected chi connectivity index (χ0v) is 13.8. The van der Waals surface area contributed by atoms with Gasteiger partial charge >= 0.3 is 6.09 Å². The van der Waals surface area contributed by atoms with E-state index in [1.165, 1.54) is 0 Å². The molecule has 5 heteroatoms. The molecular formula is C18H22N2O3. The molecule has 0 aliphatic carbocycles. The molecule has 0 spiro atoms. The topological polar surface area (TPSA) is 71.5 Å². The van der Waals surface area contributed by atoms with E-state index in [1.54, 1.807) is 45.2 Å². The van der Waals surface area contributed by atoms with Gasteiger partial charge in [0.1, 0.15) is 11.7 Å². The summed E-state index contributed by atoms with van der Waals surface area (Å²) < 4.78 is 5.26. The maximum absolute atomic E-state index is 11.9. The van der Waals surface area contributed by atoms with E-state index in [-0.39, 0.29) is 0 Å². The first-order valence-corrected chi connectivity index (χ1v) is 7.46. The fourth-order valence-corrected chi connectivity index (χ4v) is 2.07. The smallest absolute Gasteiger partial charge is 0.412 e. The van der Waals surface area contributed by atoms with Crippen LogP contribution in [-0.4, -0.2) is 21.8 Å². The molecule has 1 atom stereocenters. The summed E-state index contributed by atoms with van der Waals surface area (Å²) in [7, 11) is 0. The Morgan fingerprint density at radius 2 is 2.00 bits per heavy atom. The van der Waals surface area contributed by atoms with Gasteiger partial charge in [0, 0.05) is 11.9 Å². The molecule has 0 aliphatic heterocycles. The number of hydrogen-bond donors (Lipinski definition) is 2. The predicted molar refractivity (Wildman–Crippen MR) is 89.3 cm³/mol. The third kappa shape index (κ3) is 4.79. The van der Waals surface area contributed by atoms with Gasteiger partial charge in [-0.1, -0.05) is 18.2 Å². The number of nitrogens with zero attached hydrogens (tertiary/aromatic N) is 1. The van der Waals surface area contributed by atoms with Gasteiger partial charge in [-0.15, -0.1) is 0 Å². The van der Waals surface area contributed by atoms with Crippen LogP contribution in [0.3, 0.4) is 0 Å². The Bertz CT molecular complexity index is 678. The van der Waals surface area contributed by atoms with E-state index in [0.29, 0.717) is 16.9 Å². The lowest BCUT2D eigenvalue weighted by molar-refractivity contribution is 0.0635. The minimum Gasteiger partial charge on any atom is -0.444 e. The minimum atomic E-state index is -0.851. The van der Waals surface area contributed by atoms with Crippen LogP contribution in [0.5, 0.6) is 0 Å². The number of aliphatic hydroxyl groups excluding tert-OH is 1. The number of ether oxygens (including phenoxy) is 1.